The number of nitrogens with one attached hydrogen (secondary N) is 1. The third-order valence-electron chi connectivity index (χ3n) is 3.41. The van der Waals surface area contributed by atoms with Gasteiger partial charge in [0.15, 0.2) is 0 Å². The second-order valence-corrected chi connectivity index (χ2v) is 4.78. The van der Waals surface area contributed by atoms with Crippen molar-refractivity contribution in [3.63, 3.8) is 0 Å². The molecule has 0 amide bonds. The molecule has 1 heteroatoms. The molecule has 1 N–H and O–H groups in total. The molecule has 1 aliphatic rings. The van der Waals surface area contributed by atoms with Crippen LogP contribution < -0.4 is 5.32 Å². The number of hydrogen-bond acceptors (Lipinski definition) is 1. The summed E-state index contributed by atoms with van der Waals surface area (Å²) in [4.78, 5) is 0. The third kappa shape index (κ3) is 3.45. The Morgan fingerprint density at radius 2 is 2.00 bits per heavy atom. The van der Waals surface area contributed by atoms with Gasteiger partial charge in [-0.2, -0.15) is 0 Å². The summed E-state index contributed by atoms with van der Waals surface area (Å²) in [6.45, 7) is 7.85. The first kappa shape index (κ1) is 11.8. The van der Waals surface area contributed by atoms with Crippen LogP contribution in [0, 0.1) is 11.8 Å². The predicted molar refractivity (Wildman–Crippen MR) is 63.4 cm³/mol. The first-order valence-electron chi connectivity index (χ1n) is 6.10. The summed E-state index contributed by atoms with van der Waals surface area (Å²) in [7, 11) is 0. The van der Waals surface area contributed by atoms with Crippen molar-refractivity contribution in [3.8, 4) is 0 Å². The smallest absolute Gasteiger partial charge is 0.0137 e. The van der Waals surface area contributed by atoms with Crippen molar-refractivity contribution in [2.75, 3.05) is 6.54 Å². The SMILES string of the molecule is C/C=C/CNC1CCCCC1C(C)C. The van der Waals surface area contributed by atoms with E-state index in [4.69, 9.17) is 0 Å². The van der Waals surface area contributed by atoms with Crippen LogP contribution in [0.1, 0.15) is 46.5 Å². The number of hydrogen-bond donors (Lipinski definition) is 1. The second kappa shape index (κ2) is 6.23. The molecule has 2 unspecified atom stereocenters. The van der Waals surface area contributed by atoms with Crippen molar-refractivity contribution in [2.45, 2.75) is 52.5 Å². The molecule has 0 aromatic carbocycles. The summed E-state index contributed by atoms with van der Waals surface area (Å²) < 4.78 is 0. The minimum atomic E-state index is 0.764. The highest BCUT2D eigenvalue weighted by Gasteiger charge is 2.26. The number of allylic oxidation sites excluding steroid dienone is 1. The van der Waals surface area contributed by atoms with Gasteiger partial charge in [-0.25, -0.2) is 0 Å². The lowest BCUT2D eigenvalue weighted by Gasteiger charge is -2.34. The summed E-state index contributed by atoms with van der Waals surface area (Å²) in [6.07, 6.45) is 9.99. The zero-order valence-electron chi connectivity index (χ0n) is 9.92. The molecule has 1 fully saturated rings. The van der Waals surface area contributed by atoms with Gasteiger partial charge < -0.3 is 5.32 Å². The lowest BCUT2D eigenvalue weighted by Crippen LogP contribution is -2.40. The Bertz CT molecular complexity index is 172. The van der Waals surface area contributed by atoms with E-state index >= 15 is 0 Å². The van der Waals surface area contributed by atoms with Gasteiger partial charge >= 0.3 is 0 Å². The van der Waals surface area contributed by atoms with E-state index in [1.165, 1.54) is 25.7 Å². The largest absolute Gasteiger partial charge is 0.310 e. The summed E-state index contributed by atoms with van der Waals surface area (Å²) >= 11 is 0. The van der Waals surface area contributed by atoms with Crippen LogP contribution in [0.15, 0.2) is 12.2 Å². The Kier molecular flexibility index (Phi) is 5.24. The van der Waals surface area contributed by atoms with Crippen LogP contribution >= 0.6 is 0 Å². The lowest BCUT2D eigenvalue weighted by molar-refractivity contribution is 0.210. The van der Waals surface area contributed by atoms with Crippen molar-refractivity contribution in [1.82, 2.24) is 5.32 Å². The van der Waals surface area contributed by atoms with Gasteiger partial charge in [0.1, 0.15) is 0 Å². The molecule has 0 bridgehead atoms. The monoisotopic (exact) mass is 195 g/mol. The lowest BCUT2D eigenvalue weighted by atomic mass is 9.78. The average Bonchev–Trinajstić information content (AvgIpc) is 2.19. The fourth-order valence-electron chi connectivity index (χ4n) is 2.55. The zero-order chi connectivity index (χ0) is 10.4. The quantitative estimate of drug-likeness (QED) is 0.678. The molecule has 82 valence electrons. The van der Waals surface area contributed by atoms with E-state index in [0.717, 1.165) is 24.4 Å². The van der Waals surface area contributed by atoms with Gasteiger partial charge in [0, 0.05) is 12.6 Å². The van der Waals surface area contributed by atoms with Crippen LogP contribution in [0.2, 0.25) is 0 Å². The molecule has 0 spiro atoms. The fourth-order valence-corrected chi connectivity index (χ4v) is 2.55. The minimum Gasteiger partial charge on any atom is -0.310 e. The molecule has 1 rings (SSSR count). The Morgan fingerprint density at radius 1 is 1.29 bits per heavy atom. The molecule has 0 aromatic rings. The molecular weight excluding hydrogens is 170 g/mol. The third-order valence-corrected chi connectivity index (χ3v) is 3.41. The molecule has 2 atom stereocenters. The average molecular weight is 195 g/mol. The molecule has 0 saturated heterocycles. The molecule has 1 aliphatic carbocycles. The van der Waals surface area contributed by atoms with Crippen LogP contribution in [0.3, 0.4) is 0 Å². The van der Waals surface area contributed by atoms with Crippen molar-refractivity contribution >= 4 is 0 Å². The summed E-state index contributed by atoms with van der Waals surface area (Å²) in [5, 5.41) is 3.67. The van der Waals surface area contributed by atoms with Crippen LogP contribution in [0.25, 0.3) is 0 Å². The maximum Gasteiger partial charge on any atom is 0.0137 e. The molecular formula is C13H25N. The maximum absolute atomic E-state index is 3.67. The van der Waals surface area contributed by atoms with E-state index in [1.54, 1.807) is 0 Å². The molecule has 0 heterocycles. The van der Waals surface area contributed by atoms with Gasteiger partial charge in [-0.1, -0.05) is 38.8 Å². The van der Waals surface area contributed by atoms with Crippen LogP contribution in [-0.2, 0) is 0 Å². The summed E-state index contributed by atoms with van der Waals surface area (Å²) in [6, 6.07) is 0.764. The normalized spacial score (nSPS) is 28.9. The summed E-state index contributed by atoms with van der Waals surface area (Å²) in [5.74, 6) is 1.73. The Balaban J connectivity index is 2.37. The van der Waals surface area contributed by atoms with Crippen molar-refractivity contribution < 1.29 is 0 Å². The highest BCUT2D eigenvalue weighted by molar-refractivity contribution is 4.87. The fraction of sp³-hybridized carbons (Fsp3) is 0.846. The Morgan fingerprint density at radius 3 is 2.64 bits per heavy atom. The number of rotatable bonds is 4. The van der Waals surface area contributed by atoms with Crippen LogP contribution in [0.5, 0.6) is 0 Å². The van der Waals surface area contributed by atoms with Gasteiger partial charge in [0.25, 0.3) is 0 Å². The highest BCUT2D eigenvalue weighted by atomic mass is 14.9. The highest BCUT2D eigenvalue weighted by Crippen LogP contribution is 2.29. The molecule has 0 aliphatic heterocycles. The van der Waals surface area contributed by atoms with E-state index < -0.39 is 0 Å². The second-order valence-electron chi connectivity index (χ2n) is 4.78. The van der Waals surface area contributed by atoms with Gasteiger partial charge in [-0.15, -0.1) is 0 Å². The van der Waals surface area contributed by atoms with Crippen molar-refractivity contribution in [3.05, 3.63) is 12.2 Å². The van der Waals surface area contributed by atoms with E-state index in [1.807, 2.05) is 0 Å². The van der Waals surface area contributed by atoms with E-state index in [0.29, 0.717) is 0 Å². The van der Waals surface area contributed by atoms with Crippen molar-refractivity contribution in [1.29, 1.82) is 0 Å². The van der Waals surface area contributed by atoms with Gasteiger partial charge in [0.05, 0.1) is 0 Å². The molecule has 0 radical (unpaired) electrons. The minimum absolute atomic E-state index is 0.764. The first-order valence-corrected chi connectivity index (χ1v) is 6.10. The predicted octanol–water partition coefficient (Wildman–Crippen LogP) is 3.37. The Hall–Kier alpha value is -0.300. The van der Waals surface area contributed by atoms with E-state index in [2.05, 4.69) is 38.2 Å². The standard InChI is InChI=1S/C13H25N/c1-4-5-10-14-13-9-7-6-8-12(13)11(2)3/h4-5,11-14H,6-10H2,1-3H3/b5-4+. The molecule has 1 saturated carbocycles. The van der Waals surface area contributed by atoms with Gasteiger partial charge in [0.2, 0.25) is 0 Å². The Labute approximate surface area is 89.0 Å². The maximum atomic E-state index is 3.67. The van der Waals surface area contributed by atoms with Gasteiger partial charge in [-0.3, -0.25) is 0 Å². The van der Waals surface area contributed by atoms with E-state index in [-0.39, 0.29) is 0 Å². The van der Waals surface area contributed by atoms with Crippen molar-refractivity contribution in [2.24, 2.45) is 11.8 Å². The van der Waals surface area contributed by atoms with Gasteiger partial charge in [-0.05, 0) is 31.6 Å². The van der Waals surface area contributed by atoms with E-state index in [9.17, 15) is 0 Å². The first-order chi connectivity index (χ1) is 6.75. The van der Waals surface area contributed by atoms with Crippen LogP contribution in [0.4, 0.5) is 0 Å². The van der Waals surface area contributed by atoms with Crippen LogP contribution in [-0.4, -0.2) is 12.6 Å². The molecule has 1 nitrogen and oxygen atoms in total. The molecule has 0 aromatic heterocycles. The summed E-state index contributed by atoms with van der Waals surface area (Å²) in [5.41, 5.74) is 0. The topological polar surface area (TPSA) is 12.0 Å². The zero-order valence-corrected chi connectivity index (χ0v) is 9.92. The molecule has 14 heavy (non-hydrogen) atoms.